The first kappa shape index (κ1) is 25.9. The van der Waals surface area contributed by atoms with Crippen LogP contribution in [-0.4, -0.2) is 27.8 Å². The predicted octanol–water partition coefficient (Wildman–Crippen LogP) is 6.72. The summed E-state index contributed by atoms with van der Waals surface area (Å²) in [6.07, 6.45) is 0.937. The van der Waals surface area contributed by atoms with Crippen molar-refractivity contribution in [3.8, 4) is 5.75 Å². The number of benzene rings is 3. The molecule has 4 aromatic rings. The number of anilines is 2. The van der Waals surface area contributed by atoms with Gasteiger partial charge >= 0.3 is 0 Å². The summed E-state index contributed by atoms with van der Waals surface area (Å²) >= 11 is 7.56. The standard InChI is InChI=1S/C29H28ClN5O2S/c1-4-19-5-9-21(10-6-19)26-25(27(36)32-23-13-15-24(37-3)16-14-23)18(2)31-28-33-29(34-35(26)28)38-17-20-7-11-22(30)12-8-20/h5-16,26H,4,17H2,1-3H3,(H,32,36)(H,31,33,34)/t26-/m1/s1. The number of nitrogens with one attached hydrogen (secondary N) is 2. The Morgan fingerprint density at radius 3 is 2.39 bits per heavy atom. The zero-order valence-electron chi connectivity index (χ0n) is 21.4. The highest BCUT2D eigenvalue weighted by Crippen LogP contribution is 2.37. The number of hydrogen-bond acceptors (Lipinski definition) is 6. The first-order valence-electron chi connectivity index (χ1n) is 12.3. The van der Waals surface area contributed by atoms with Crippen LogP contribution >= 0.6 is 23.4 Å². The Balaban J connectivity index is 1.46. The monoisotopic (exact) mass is 545 g/mol. The average Bonchev–Trinajstić information content (AvgIpc) is 3.34. The molecule has 0 fully saturated rings. The van der Waals surface area contributed by atoms with Crippen molar-refractivity contribution in [3.05, 3.63) is 106 Å². The SMILES string of the molecule is CCc1ccc([C@@H]2C(C(=O)Nc3ccc(OC)cc3)=C(C)Nc3nc(SCc4ccc(Cl)cc4)nn32)cc1. The minimum Gasteiger partial charge on any atom is -0.497 e. The summed E-state index contributed by atoms with van der Waals surface area (Å²) in [5, 5.41) is 12.5. The quantitative estimate of drug-likeness (QED) is 0.239. The second-order valence-electron chi connectivity index (χ2n) is 8.92. The average molecular weight is 546 g/mol. The maximum atomic E-state index is 13.7. The number of allylic oxidation sites excluding steroid dienone is 1. The molecule has 2 N–H and O–H groups in total. The van der Waals surface area contributed by atoms with Crippen molar-refractivity contribution >= 4 is 40.9 Å². The summed E-state index contributed by atoms with van der Waals surface area (Å²) in [7, 11) is 1.61. The maximum Gasteiger partial charge on any atom is 0.255 e. The van der Waals surface area contributed by atoms with Gasteiger partial charge in [-0.05, 0) is 66.4 Å². The topological polar surface area (TPSA) is 81.1 Å². The molecule has 0 unspecified atom stereocenters. The molecule has 0 aliphatic carbocycles. The van der Waals surface area contributed by atoms with E-state index in [9.17, 15) is 4.79 Å². The molecular formula is C29H28ClN5O2S. The van der Waals surface area contributed by atoms with Crippen LogP contribution in [-0.2, 0) is 17.0 Å². The molecule has 9 heteroatoms. The molecule has 7 nitrogen and oxygen atoms in total. The number of carbonyl (C=O) groups is 1. The summed E-state index contributed by atoms with van der Waals surface area (Å²) in [5.41, 5.74) is 5.31. The zero-order valence-corrected chi connectivity index (χ0v) is 22.9. The molecule has 1 amide bonds. The molecule has 1 aliphatic rings. The van der Waals surface area contributed by atoms with E-state index in [4.69, 9.17) is 26.4 Å². The highest BCUT2D eigenvalue weighted by molar-refractivity contribution is 7.98. The van der Waals surface area contributed by atoms with Gasteiger partial charge in [-0.2, -0.15) is 4.98 Å². The van der Waals surface area contributed by atoms with Crippen molar-refractivity contribution < 1.29 is 9.53 Å². The third-order valence-electron chi connectivity index (χ3n) is 6.41. The molecule has 0 saturated carbocycles. The van der Waals surface area contributed by atoms with Gasteiger partial charge in [-0.15, -0.1) is 5.10 Å². The number of rotatable bonds is 8. The van der Waals surface area contributed by atoms with Crippen LogP contribution in [0.4, 0.5) is 11.6 Å². The van der Waals surface area contributed by atoms with Crippen LogP contribution in [0.2, 0.25) is 5.02 Å². The number of nitrogens with zero attached hydrogens (tertiary/aromatic N) is 3. The number of aromatic nitrogens is 3. The van der Waals surface area contributed by atoms with E-state index in [1.54, 1.807) is 11.8 Å². The van der Waals surface area contributed by atoms with Crippen LogP contribution < -0.4 is 15.4 Å². The first-order valence-corrected chi connectivity index (χ1v) is 13.7. The van der Waals surface area contributed by atoms with E-state index >= 15 is 0 Å². The van der Waals surface area contributed by atoms with E-state index in [2.05, 4.69) is 41.8 Å². The van der Waals surface area contributed by atoms with Crippen LogP contribution in [0.25, 0.3) is 0 Å². The summed E-state index contributed by atoms with van der Waals surface area (Å²) in [5.74, 6) is 1.82. The molecule has 0 bridgehead atoms. The summed E-state index contributed by atoms with van der Waals surface area (Å²) in [4.78, 5) is 18.4. The number of halogens is 1. The zero-order chi connectivity index (χ0) is 26.6. The van der Waals surface area contributed by atoms with Crippen LogP contribution in [0.5, 0.6) is 5.75 Å². The fourth-order valence-electron chi connectivity index (χ4n) is 4.33. The lowest BCUT2D eigenvalue weighted by Crippen LogP contribution is -2.31. The third-order valence-corrected chi connectivity index (χ3v) is 7.57. The van der Waals surface area contributed by atoms with Crippen molar-refractivity contribution in [1.82, 2.24) is 14.8 Å². The Hall–Kier alpha value is -3.75. The minimum absolute atomic E-state index is 0.207. The summed E-state index contributed by atoms with van der Waals surface area (Å²) < 4.78 is 7.04. The number of carbonyl (C=O) groups excluding carboxylic acids is 1. The van der Waals surface area contributed by atoms with Gasteiger partial charge in [0.1, 0.15) is 11.8 Å². The van der Waals surface area contributed by atoms with E-state index in [0.29, 0.717) is 33.1 Å². The lowest BCUT2D eigenvalue weighted by molar-refractivity contribution is -0.113. The molecule has 1 aromatic heterocycles. The number of methoxy groups -OCH3 is 1. The van der Waals surface area contributed by atoms with E-state index in [1.807, 2.05) is 55.5 Å². The Kier molecular flexibility index (Phi) is 7.72. The van der Waals surface area contributed by atoms with Gasteiger partial charge in [-0.3, -0.25) is 4.79 Å². The number of amides is 1. The van der Waals surface area contributed by atoms with Crippen LogP contribution in [0.15, 0.2) is 89.2 Å². The second-order valence-corrected chi connectivity index (χ2v) is 10.3. The number of ether oxygens (including phenoxy) is 1. The van der Waals surface area contributed by atoms with Gasteiger partial charge in [0.2, 0.25) is 11.1 Å². The van der Waals surface area contributed by atoms with Crippen molar-refractivity contribution in [2.24, 2.45) is 0 Å². The van der Waals surface area contributed by atoms with Gasteiger partial charge in [0.05, 0.1) is 12.7 Å². The second kappa shape index (κ2) is 11.3. The predicted molar refractivity (Wildman–Crippen MR) is 153 cm³/mol. The van der Waals surface area contributed by atoms with E-state index < -0.39 is 6.04 Å². The van der Waals surface area contributed by atoms with E-state index in [-0.39, 0.29) is 5.91 Å². The number of fused-ring (bicyclic) bond motifs is 1. The van der Waals surface area contributed by atoms with E-state index in [0.717, 1.165) is 29.0 Å². The maximum absolute atomic E-state index is 13.7. The Morgan fingerprint density at radius 2 is 1.74 bits per heavy atom. The van der Waals surface area contributed by atoms with Gasteiger partial charge in [-0.25, -0.2) is 4.68 Å². The smallest absolute Gasteiger partial charge is 0.255 e. The molecule has 5 rings (SSSR count). The van der Waals surface area contributed by atoms with Crippen LogP contribution in [0.3, 0.4) is 0 Å². The van der Waals surface area contributed by atoms with Gasteiger partial charge in [0, 0.05) is 22.2 Å². The molecule has 38 heavy (non-hydrogen) atoms. The molecule has 194 valence electrons. The van der Waals surface area contributed by atoms with Crippen molar-refractivity contribution in [1.29, 1.82) is 0 Å². The summed E-state index contributed by atoms with van der Waals surface area (Å²) in [6, 6.07) is 22.9. The van der Waals surface area contributed by atoms with Crippen molar-refractivity contribution in [2.45, 2.75) is 37.2 Å². The van der Waals surface area contributed by atoms with Gasteiger partial charge in [0.25, 0.3) is 5.91 Å². The molecule has 3 aromatic carbocycles. The fourth-order valence-corrected chi connectivity index (χ4v) is 5.24. The molecule has 1 aliphatic heterocycles. The molecule has 2 heterocycles. The normalized spacial score (nSPS) is 14.6. The molecule has 0 radical (unpaired) electrons. The Bertz CT molecular complexity index is 1460. The third kappa shape index (κ3) is 5.56. The minimum atomic E-state index is -0.437. The lowest BCUT2D eigenvalue weighted by atomic mass is 9.94. The van der Waals surface area contributed by atoms with Gasteiger partial charge in [0.15, 0.2) is 0 Å². The van der Waals surface area contributed by atoms with Crippen molar-refractivity contribution in [3.63, 3.8) is 0 Å². The first-order chi connectivity index (χ1) is 18.4. The molecule has 0 saturated heterocycles. The van der Waals surface area contributed by atoms with Crippen LogP contribution in [0.1, 0.15) is 36.6 Å². The van der Waals surface area contributed by atoms with Gasteiger partial charge < -0.3 is 15.4 Å². The number of hydrogen-bond donors (Lipinski definition) is 2. The Labute approximate surface area is 231 Å². The van der Waals surface area contributed by atoms with Crippen LogP contribution in [0, 0.1) is 0 Å². The molecule has 1 atom stereocenters. The highest BCUT2D eigenvalue weighted by atomic mass is 35.5. The molecular weight excluding hydrogens is 518 g/mol. The van der Waals surface area contributed by atoms with Gasteiger partial charge in [-0.1, -0.05) is 66.7 Å². The number of aryl methyl sites for hydroxylation is 1. The molecule has 0 spiro atoms. The fraction of sp³-hybridized carbons (Fsp3) is 0.207. The highest BCUT2D eigenvalue weighted by Gasteiger charge is 2.34. The summed E-state index contributed by atoms with van der Waals surface area (Å²) in [6.45, 7) is 4.02. The Morgan fingerprint density at radius 1 is 1.05 bits per heavy atom. The van der Waals surface area contributed by atoms with E-state index in [1.165, 1.54) is 17.3 Å². The van der Waals surface area contributed by atoms with Crippen molar-refractivity contribution in [2.75, 3.05) is 17.7 Å². The largest absolute Gasteiger partial charge is 0.497 e. The lowest BCUT2D eigenvalue weighted by Gasteiger charge is -2.28. The number of thioether (sulfide) groups is 1.